The van der Waals surface area contributed by atoms with Gasteiger partial charge in [0, 0.05) is 6.92 Å². The number of rotatable bonds is 3. The van der Waals surface area contributed by atoms with Crippen LogP contribution >= 0.6 is 0 Å². The van der Waals surface area contributed by atoms with Crippen LogP contribution in [0.2, 0.25) is 0 Å². The van der Waals surface area contributed by atoms with Gasteiger partial charge in [0.05, 0.1) is 0 Å². The van der Waals surface area contributed by atoms with Gasteiger partial charge in [-0.3, -0.25) is 0 Å². The van der Waals surface area contributed by atoms with Gasteiger partial charge < -0.3 is 24.8 Å². The lowest BCUT2D eigenvalue weighted by Crippen LogP contribution is -2.31. The molecule has 0 unspecified atom stereocenters. The first-order valence-electron chi connectivity index (χ1n) is 4.40. The predicted molar refractivity (Wildman–Crippen MR) is 48.2 cm³/mol. The second-order valence-electron chi connectivity index (χ2n) is 3.31. The molecule has 0 aliphatic heterocycles. The number of hydrogen-bond donors (Lipinski definition) is 3. The van der Waals surface area contributed by atoms with Crippen LogP contribution in [0.15, 0.2) is 12.1 Å². The number of phenols is 1. The average Bonchev–Trinajstić information content (AvgIpc) is 2.14. The molecule has 0 amide bonds. The van der Waals surface area contributed by atoms with E-state index in [1.54, 1.807) is 0 Å². The molecule has 18 heavy (non-hydrogen) atoms. The third-order valence-corrected chi connectivity index (χ3v) is 1.56. The minimum absolute atomic E-state index is 0.511. The third kappa shape index (κ3) is 3.93. The van der Waals surface area contributed by atoms with E-state index < -0.39 is 35.4 Å². The smallest absolute Gasteiger partial charge is 0.504 e. The van der Waals surface area contributed by atoms with Crippen LogP contribution in [0, 0.1) is 5.82 Å². The molecule has 1 rings (SSSR count). The average molecular weight is 272 g/mol. The van der Waals surface area contributed by atoms with Gasteiger partial charge in [0.15, 0.2) is 11.5 Å². The Hall–Kier alpha value is -1.74. The lowest BCUT2D eigenvalue weighted by Gasteiger charge is -2.20. The van der Waals surface area contributed by atoms with Gasteiger partial charge in [-0.2, -0.15) is 4.39 Å². The fraction of sp³-hybridized carbons (Fsp3) is 0.333. The van der Waals surface area contributed by atoms with Gasteiger partial charge in [0.25, 0.3) is 0 Å². The first-order chi connectivity index (χ1) is 7.99. The van der Waals surface area contributed by atoms with Crippen LogP contribution in [0.4, 0.5) is 17.6 Å². The molecule has 1 aromatic carbocycles. The van der Waals surface area contributed by atoms with E-state index in [2.05, 4.69) is 9.47 Å². The van der Waals surface area contributed by atoms with Crippen LogP contribution in [0.25, 0.3) is 0 Å². The van der Waals surface area contributed by atoms with Crippen LogP contribution in [-0.4, -0.2) is 27.7 Å². The number of benzene rings is 1. The number of phenolic OH excluding ortho intramolecular Hbond substituents is 1. The van der Waals surface area contributed by atoms with Crippen molar-refractivity contribution >= 4 is 0 Å². The van der Waals surface area contributed by atoms with Crippen molar-refractivity contribution in [2.75, 3.05) is 0 Å². The highest BCUT2D eigenvalue weighted by atomic mass is 19.4. The first kappa shape index (κ1) is 14.3. The van der Waals surface area contributed by atoms with Gasteiger partial charge >= 0.3 is 12.3 Å². The SMILES string of the molecule is CC(O)(O)Oc1c(O)ccc(OC(F)(F)F)c1F. The molecule has 0 aliphatic carbocycles. The Morgan fingerprint density at radius 2 is 1.67 bits per heavy atom. The van der Waals surface area contributed by atoms with Crippen LogP contribution in [0.3, 0.4) is 0 Å². The molecular formula is C9H8F4O5. The van der Waals surface area contributed by atoms with Crippen LogP contribution in [-0.2, 0) is 0 Å². The molecule has 0 atom stereocenters. The summed E-state index contributed by atoms with van der Waals surface area (Å²) < 4.78 is 56.6. The van der Waals surface area contributed by atoms with Gasteiger partial charge in [-0.05, 0) is 12.1 Å². The lowest BCUT2D eigenvalue weighted by atomic mass is 10.3. The van der Waals surface area contributed by atoms with E-state index in [-0.39, 0.29) is 0 Å². The number of ether oxygens (including phenoxy) is 2. The zero-order valence-electron chi connectivity index (χ0n) is 8.82. The maximum Gasteiger partial charge on any atom is 0.573 e. The van der Waals surface area contributed by atoms with E-state index in [0.717, 1.165) is 0 Å². The summed E-state index contributed by atoms with van der Waals surface area (Å²) >= 11 is 0. The minimum atomic E-state index is -5.14. The van der Waals surface area contributed by atoms with Gasteiger partial charge in [0.2, 0.25) is 11.6 Å². The molecule has 3 N–H and O–H groups in total. The second kappa shape index (κ2) is 4.50. The number of aliphatic hydroxyl groups is 2. The molecule has 0 saturated heterocycles. The van der Waals surface area contributed by atoms with Crippen LogP contribution < -0.4 is 9.47 Å². The zero-order valence-corrected chi connectivity index (χ0v) is 8.82. The maximum atomic E-state index is 13.5. The highest BCUT2D eigenvalue weighted by Crippen LogP contribution is 2.38. The van der Waals surface area contributed by atoms with E-state index in [9.17, 15) is 17.6 Å². The summed E-state index contributed by atoms with van der Waals surface area (Å²) in [6.45, 7) is 0.670. The number of aromatic hydroxyl groups is 1. The molecule has 0 heterocycles. The summed E-state index contributed by atoms with van der Waals surface area (Å²) in [5.74, 6) is -7.98. The van der Waals surface area contributed by atoms with Crippen molar-refractivity contribution in [1.82, 2.24) is 0 Å². The molecular weight excluding hydrogens is 264 g/mol. The number of hydrogen-bond acceptors (Lipinski definition) is 5. The maximum absolute atomic E-state index is 13.5. The Morgan fingerprint density at radius 3 is 2.11 bits per heavy atom. The summed E-state index contributed by atoms with van der Waals surface area (Å²) in [7, 11) is 0. The van der Waals surface area contributed by atoms with E-state index in [4.69, 9.17) is 15.3 Å². The Labute approximate surface area is 97.8 Å². The second-order valence-corrected chi connectivity index (χ2v) is 3.31. The van der Waals surface area contributed by atoms with Crippen LogP contribution in [0.5, 0.6) is 17.2 Å². The summed E-state index contributed by atoms with van der Waals surface area (Å²) in [5.41, 5.74) is 0. The summed E-state index contributed by atoms with van der Waals surface area (Å²) in [6.07, 6.45) is -5.14. The third-order valence-electron chi connectivity index (χ3n) is 1.56. The van der Waals surface area contributed by atoms with Crippen molar-refractivity contribution in [3.8, 4) is 17.2 Å². The molecule has 0 fully saturated rings. The topological polar surface area (TPSA) is 79.2 Å². The zero-order chi connectivity index (χ0) is 14.1. The fourth-order valence-electron chi connectivity index (χ4n) is 1.02. The van der Waals surface area contributed by atoms with Crippen molar-refractivity contribution < 1.29 is 42.4 Å². The standard InChI is InChI=1S/C9H8F4O5/c1-8(15,16)18-7-4(14)2-3-5(6(7)10)17-9(11,12)13/h2-3,14-16H,1H3. The molecule has 0 radical (unpaired) electrons. The number of halogens is 4. The van der Waals surface area contributed by atoms with E-state index in [1.807, 2.05) is 0 Å². The summed E-state index contributed by atoms with van der Waals surface area (Å²) in [6, 6.07) is 1.16. The number of alkyl halides is 3. The molecule has 102 valence electrons. The molecule has 0 saturated carbocycles. The molecule has 5 nitrogen and oxygen atoms in total. The first-order valence-corrected chi connectivity index (χ1v) is 4.40. The Kier molecular flexibility index (Phi) is 3.58. The molecule has 9 heteroatoms. The normalized spacial score (nSPS) is 12.4. The summed E-state index contributed by atoms with van der Waals surface area (Å²) in [5, 5.41) is 26.8. The quantitative estimate of drug-likeness (QED) is 0.573. The predicted octanol–water partition coefficient (Wildman–Crippen LogP) is 1.47. The van der Waals surface area contributed by atoms with Gasteiger partial charge in [-0.15, -0.1) is 13.2 Å². The van der Waals surface area contributed by atoms with Gasteiger partial charge in [-0.1, -0.05) is 0 Å². The van der Waals surface area contributed by atoms with Gasteiger partial charge in [0.1, 0.15) is 0 Å². The van der Waals surface area contributed by atoms with Crippen molar-refractivity contribution in [1.29, 1.82) is 0 Å². The molecule has 1 aromatic rings. The Bertz CT molecular complexity index is 438. The molecule has 0 bridgehead atoms. The highest BCUT2D eigenvalue weighted by molar-refractivity contribution is 5.46. The van der Waals surface area contributed by atoms with Crippen molar-refractivity contribution in [3.05, 3.63) is 17.9 Å². The largest absolute Gasteiger partial charge is 0.573 e. The molecule has 0 spiro atoms. The Morgan fingerprint density at radius 1 is 1.11 bits per heavy atom. The monoisotopic (exact) mass is 272 g/mol. The van der Waals surface area contributed by atoms with Gasteiger partial charge in [-0.25, -0.2) is 0 Å². The van der Waals surface area contributed by atoms with Crippen molar-refractivity contribution in [3.63, 3.8) is 0 Å². The summed E-state index contributed by atoms with van der Waals surface area (Å²) in [4.78, 5) is 0. The lowest BCUT2D eigenvalue weighted by molar-refractivity contribution is -0.280. The molecule has 0 aliphatic rings. The van der Waals surface area contributed by atoms with E-state index in [1.165, 1.54) is 0 Å². The molecule has 0 aromatic heterocycles. The van der Waals surface area contributed by atoms with E-state index >= 15 is 0 Å². The van der Waals surface area contributed by atoms with Crippen molar-refractivity contribution in [2.45, 2.75) is 19.3 Å². The minimum Gasteiger partial charge on any atom is -0.504 e. The fourth-order valence-corrected chi connectivity index (χ4v) is 1.02. The Balaban J connectivity index is 3.15. The van der Waals surface area contributed by atoms with Crippen LogP contribution in [0.1, 0.15) is 6.92 Å². The van der Waals surface area contributed by atoms with Crippen molar-refractivity contribution in [2.24, 2.45) is 0 Å². The van der Waals surface area contributed by atoms with E-state index in [0.29, 0.717) is 19.1 Å². The highest BCUT2D eigenvalue weighted by Gasteiger charge is 2.34.